The number of aryl methyl sites for hydroxylation is 2. The summed E-state index contributed by atoms with van der Waals surface area (Å²) in [7, 11) is 0. The topological polar surface area (TPSA) is 106 Å². The molecular formula is C23H26N7O+. The molecule has 3 aromatic heterocycles. The lowest BCUT2D eigenvalue weighted by atomic mass is 9.99. The number of aromatic nitrogens is 5. The number of H-pyrrole nitrogens is 1. The fraction of sp³-hybridized carbons (Fsp3) is 0.304. The summed E-state index contributed by atoms with van der Waals surface area (Å²) in [5.41, 5.74) is 12.1. The molecule has 31 heavy (non-hydrogen) atoms. The molecule has 4 heterocycles. The predicted molar refractivity (Wildman–Crippen MR) is 120 cm³/mol. The van der Waals surface area contributed by atoms with Crippen LogP contribution in [0.1, 0.15) is 30.3 Å². The first kappa shape index (κ1) is 19.4. The maximum Gasteiger partial charge on any atom is 0.428 e. The average molecular weight is 417 g/mol. The first-order valence-corrected chi connectivity index (χ1v) is 10.6. The molecule has 8 nitrogen and oxygen atoms in total. The van der Waals surface area contributed by atoms with Crippen LogP contribution in [0.25, 0.3) is 28.0 Å². The largest absolute Gasteiger partial charge is 0.428 e. The van der Waals surface area contributed by atoms with Crippen molar-refractivity contribution in [2.75, 3.05) is 18.8 Å². The third-order valence-electron chi connectivity index (χ3n) is 5.83. The Kier molecular flexibility index (Phi) is 4.78. The molecule has 0 spiro atoms. The Morgan fingerprint density at radius 1 is 1.10 bits per heavy atom. The zero-order chi connectivity index (χ0) is 21.5. The number of pyridine rings is 1. The summed E-state index contributed by atoms with van der Waals surface area (Å²) in [5.74, 6) is 0.170. The number of fused-ring (bicyclic) bond motifs is 1. The Morgan fingerprint density at radius 2 is 1.84 bits per heavy atom. The van der Waals surface area contributed by atoms with Gasteiger partial charge in [0.2, 0.25) is 5.65 Å². The van der Waals surface area contributed by atoms with E-state index in [1.165, 1.54) is 4.40 Å². The summed E-state index contributed by atoms with van der Waals surface area (Å²) in [6, 6.07) is 14.0. The van der Waals surface area contributed by atoms with Crippen LogP contribution in [-0.2, 0) is 0 Å². The molecule has 0 saturated carbocycles. The van der Waals surface area contributed by atoms with E-state index in [0.717, 1.165) is 59.7 Å². The van der Waals surface area contributed by atoms with Gasteiger partial charge in [0.25, 0.3) is 0 Å². The normalized spacial score (nSPS) is 16.6. The van der Waals surface area contributed by atoms with Gasteiger partial charge in [0.15, 0.2) is 0 Å². The maximum atomic E-state index is 13.3. The number of rotatable bonds is 3. The van der Waals surface area contributed by atoms with Crippen LogP contribution in [0.4, 0.5) is 5.95 Å². The SMILES string of the molecule is Cc1cc(-c2c(-c3ccccc3)nc(N)[n+]3c(=O)n(C4CCCNC4)[nH]c23)cc(C)n1. The number of anilines is 1. The number of piperidine rings is 1. The molecule has 4 aromatic rings. The Labute approximate surface area is 179 Å². The summed E-state index contributed by atoms with van der Waals surface area (Å²) in [5, 5.41) is 6.75. The van der Waals surface area contributed by atoms with Gasteiger partial charge in [-0.05, 0) is 50.9 Å². The van der Waals surface area contributed by atoms with E-state index in [2.05, 4.69) is 15.4 Å². The van der Waals surface area contributed by atoms with Crippen LogP contribution in [0.2, 0.25) is 0 Å². The van der Waals surface area contributed by atoms with Crippen molar-refractivity contribution in [2.45, 2.75) is 32.7 Å². The average Bonchev–Trinajstić information content (AvgIpc) is 3.12. The molecule has 1 aliphatic rings. The number of benzene rings is 1. The maximum absolute atomic E-state index is 13.3. The van der Waals surface area contributed by atoms with Crippen LogP contribution < -0.4 is 21.1 Å². The second-order valence-electron chi connectivity index (χ2n) is 8.15. The number of nitrogen functional groups attached to an aromatic ring is 1. The molecule has 1 aromatic carbocycles. The number of nitrogens with one attached hydrogen (secondary N) is 2. The number of nitrogens with two attached hydrogens (primary N) is 1. The molecule has 1 atom stereocenters. The number of hydrogen-bond donors (Lipinski definition) is 3. The highest BCUT2D eigenvalue weighted by Crippen LogP contribution is 2.33. The molecule has 1 saturated heterocycles. The van der Waals surface area contributed by atoms with E-state index in [1.807, 2.05) is 56.3 Å². The number of aromatic amines is 1. The molecule has 1 aliphatic heterocycles. The van der Waals surface area contributed by atoms with E-state index < -0.39 is 0 Å². The van der Waals surface area contributed by atoms with Crippen molar-refractivity contribution in [3.63, 3.8) is 0 Å². The van der Waals surface area contributed by atoms with Gasteiger partial charge in [0, 0.05) is 23.5 Å². The minimum Gasteiger partial charge on any atom is -0.319 e. The molecule has 0 bridgehead atoms. The number of nitrogens with zero attached hydrogens (tertiary/aromatic N) is 4. The summed E-state index contributed by atoms with van der Waals surface area (Å²) >= 11 is 0. The highest BCUT2D eigenvalue weighted by atomic mass is 16.2. The smallest absolute Gasteiger partial charge is 0.319 e. The van der Waals surface area contributed by atoms with Gasteiger partial charge in [-0.3, -0.25) is 4.98 Å². The van der Waals surface area contributed by atoms with Crippen molar-refractivity contribution in [1.29, 1.82) is 0 Å². The van der Waals surface area contributed by atoms with Crippen LogP contribution in [0.15, 0.2) is 47.3 Å². The first-order valence-electron chi connectivity index (χ1n) is 10.6. The quantitative estimate of drug-likeness (QED) is 0.444. The summed E-state index contributed by atoms with van der Waals surface area (Å²) in [6.45, 7) is 5.65. The van der Waals surface area contributed by atoms with Gasteiger partial charge >= 0.3 is 11.6 Å². The summed E-state index contributed by atoms with van der Waals surface area (Å²) in [6.07, 6.45) is 1.96. The van der Waals surface area contributed by atoms with Crippen LogP contribution in [-0.4, -0.2) is 32.8 Å². The molecular weight excluding hydrogens is 390 g/mol. The first-order chi connectivity index (χ1) is 15.0. The van der Waals surface area contributed by atoms with E-state index in [0.29, 0.717) is 5.65 Å². The van der Waals surface area contributed by atoms with Gasteiger partial charge in [-0.25, -0.2) is 9.89 Å². The van der Waals surface area contributed by atoms with Gasteiger partial charge in [-0.15, -0.1) is 9.38 Å². The third kappa shape index (κ3) is 3.38. The van der Waals surface area contributed by atoms with E-state index in [4.69, 9.17) is 10.7 Å². The van der Waals surface area contributed by atoms with Crippen molar-refractivity contribution in [1.82, 2.24) is 25.1 Å². The monoisotopic (exact) mass is 416 g/mol. The molecule has 4 N–H and O–H groups in total. The Hall–Kier alpha value is -3.52. The fourth-order valence-corrected chi connectivity index (χ4v) is 4.49. The van der Waals surface area contributed by atoms with E-state index >= 15 is 0 Å². The standard InChI is InChI=1S/C23H25N7O/c1-14-11-17(12-15(2)26-14)19-20(16-7-4-3-5-8-16)27-22(24)29-21(19)28-30(23(29)31)18-9-6-10-25-13-18/h3-5,7-8,11-12,18,25H,6,9-10,13H2,1-2H3,(H2,24,26,27,28)/p+1. The van der Waals surface area contributed by atoms with Crippen LogP contribution in [0.3, 0.4) is 0 Å². The molecule has 0 amide bonds. The van der Waals surface area contributed by atoms with E-state index in [9.17, 15) is 4.79 Å². The molecule has 158 valence electrons. The molecule has 1 fully saturated rings. The van der Waals surface area contributed by atoms with E-state index in [-0.39, 0.29) is 17.7 Å². The van der Waals surface area contributed by atoms with Crippen molar-refractivity contribution in [3.8, 4) is 22.4 Å². The molecule has 1 unspecified atom stereocenters. The molecule has 5 rings (SSSR count). The third-order valence-corrected chi connectivity index (χ3v) is 5.83. The Balaban J connectivity index is 1.86. The van der Waals surface area contributed by atoms with Gasteiger partial charge in [-0.1, -0.05) is 30.3 Å². The second kappa shape index (κ2) is 7.63. The second-order valence-corrected chi connectivity index (χ2v) is 8.15. The van der Waals surface area contributed by atoms with Crippen molar-refractivity contribution in [3.05, 3.63) is 64.3 Å². The molecule has 0 radical (unpaired) electrons. The number of hydrogen-bond acceptors (Lipinski definition) is 5. The lowest BCUT2D eigenvalue weighted by Gasteiger charge is -2.19. The Bertz CT molecular complexity index is 1300. The molecule has 0 aliphatic carbocycles. The van der Waals surface area contributed by atoms with Crippen LogP contribution in [0.5, 0.6) is 0 Å². The summed E-state index contributed by atoms with van der Waals surface area (Å²) < 4.78 is 3.18. The Morgan fingerprint density at radius 3 is 2.52 bits per heavy atom. The fourth-order valence-electron chi connectivity index (χ4n) is 4.49. The zero-order valence-electron chi connectivity index (χ0n) is 17.7. The molecule has 8 heteroatoms. The zero-order valence-corrected chi connectivity index (χ0v) is 17.7. The highest BCUT2D eigenvalue weighted by Gasteiger charge is 2.29. The van der Waals surface area contributed by atoms with Crippen LogP contribution in [0, 0.1) is 13.8 Å². The minimum absolute atomic E-state index is 0.0505. The highest BCUT2D eigenvalue weighted by molar-refractivity contribution is 5.88. The van der Waals surface area contributed by atoms with Crippen molar-refractivity contribution < 1.29 is 4.40 Å². The van der Waals surface area contributed by atoms with Crippen molar-refractivity contribution in [2.24, 2.45) is 0 Å². The van der Waals surface area contributed by atoms with Gasteiger partial charge < -0.3 is 11.1 Å². The van der Waals surface area contributed by atoms with Gasteiger partial charge in [0.1, 0.15) is 11.7 Å². The lowest BCUT2D eigenvalue weighted by Crippen LogP contribution is -2.47. The lowest BCUT2D eigenvalue weighted by molar-refractivity contribution is -0.517. The van der Waals surface area contributed by atoms with Crippen molar-refractivity contribution >= 4 is 11.6 Å². The predicted octanol–water partition coefficient (Wildman–Crippen LogP) is 2.16. The van der Waals surface area contributed by atoms with Gasteiger partial charge in [-0.2, -0.15) is 4.68 Å². The van der Waals surface area contributed by atoms with E-state index in [1.54, 1.807) is 4.68 Å². The van der Waals surface area contributed by atoms with Gasteiger partial charge in [0.05, 0.1) is 5.56 Å². The summed E-state index contributed by atoms with van der Waals surface area (Å²) in [4.78, 5) is 22.6. The van der Waals surface area contributed by atoms with Crippen LogP contribution >= 0.6 is 0 Å². The minimum atomic E-state index is -0.197.